The summed E-state index contributed by atoms with van der Waals surface area (Å²) in [6, 6.07) is 10.6. The van der Waals surface area contributed by atoms with Crippen LogP contribution in [-0.2, 0) is 19.0 Å². The zero-order valence-corrected chi connectivity index (χ0v) is 10.2. The summed E-state index contributed by atoms with van der Waals surface area (Å²) in [6.45, 7) is 1.92. The lowest BCUT2D eigenvalue weighted by Crippen LogP contribution is -2.16. The number of halogens is 1. The molecule has 0 N–H and O–H groups in total. The summed E-state index contributed by atoms with van der Waals surface area (Å²) in [6.07, 6.45) is 3.68. The number of rotatable bonds is 2. The van der Waals surface area contributed by atoms with Crippen LogP contribution in [0, 0.1) is 0 Å². The maximum atomic E-state index is 5.96. The van der Waals surface area contributed by atoms with E-state index in [9.17, 15) is 0 Å². The Kier molecular flexibility index (Phi) is 2.73. The Labute approximate surface area is 106 Å². The predicted octanol–water partition coefficient (Wildman–Crippen LogP) is 3.34. The molecule has 3 heteroatoms. The van der Waals surface area contributed by atoms with Crippen molar-refractivity contribution in [3.63, 3.8) is 0 Å². The van der Waals surface area contributed by atoms with Gasteiger partial charge in [-0.3, -0.25) is 4.98 Å². The quantitative estimate of drug-likeness (QED) is 0.754. The van der Waals surface area contributed by atoms with Crippen LogP contribution in [0.4, 0.5) is 5.69 Å². The minimum absolute atomic E-state index is 0.510. The summed E-state index contributed by atoms with van der Waals surface area (Å²) in [5, 5.41) is 0. The van der Waals surface area contributed by atoms with E-state index >= 15 is 0 Å². The van der Waals surface area contributed by atoms with Crippen LogP contribution in [0.3, 0.4) is 0 Å². The van der Waals surface area contributed by atoms with Gasteiger partial charge in [0.15, 0.2) is 0 Å². The highest BCUT2D eigenvalue weighted by atomic mass is 35.5. The highest BCUT2D eigenvalue weighted by Gasteiger charge is 2.20. The molecular weight excluding hydrogens is 232 g/mol. The first-order chi connectivity index (χ1) is 8.38. The average molecular weight is 245 g/mol. The third-order valence-electron chi connectivity index (χ3n) is 3.20. The van der Waals surface area contributed by atoms with Crippen molar-refractivity contribution < 1.29 is 0 Å². The molecule has 0 saturated heterocycles. The molecule has 0 atom stereocenters. The zero-order valence-electron chi connectivity index (χ0n) is 9.44. The van der Waals surface area contributed by atoms with E-state index in [1.54, 1.807) is 0 Å². The molecule has 86 valence electrons. The Bertz CT molecular complexity index is 514. The molecule has 2 aromatic rings. The Morgan fingerprint density at radius 1 is 1.12 bits per heavy atom. The van der Waals surface area contributed by atoms with Gasteiger partial charge in [-0.2, -0.15) is 0 Å². The molecule has 1 aliphatic heterocycles. The molecule has 0 fully saturated rings. The molecule has 0 aliphatic carbocycles. The Morgan fingerprint density at radius 2 is 1.82 bits per heavy atom. The van der Waals surface area contributed by atoms with Crippen LogP contribution in [0.5, 0.6) is 0 Å². The molecule has 0 unspecified atom stereocenters. The Balaban J connectivity index is 1.94. The van der Waals surface area contributed by atoms with Crippen molar-refractivity contribution in [1.29, 1.82) is 0 Å². The Hall–Kier alpha value is -1.54. The number of nitrogens with zero attached hydrogens (tertiary/aromatic N) is 2. The smallest absolute Gasteiger partial charge is 0.0509 e. The van der Waals surface area contributed by atoms with Crippen molar-refractivity contribution in [3.05, 3.63) is 59.4 Å². The SMILES string of the molecule is ClCc1cnccc1N1Cc2ccccc2C1. The molecule has 3 rings (SSSR count). The van der Waals surface area contributed by atoms with E-state index in [0.29, 0.717) is 5.88 Å². The second-order valence-corrected chi connectivity index (χ2v) is 4.53. The van der Waals surface area contributed by atoms with Crippen molar-refractivity contribution in [3.8, 4) is 0 Å². The maximum absolute atomic E-state index is 5.96. The molecule has 0 radical (unpaired) electrons. The van der Waals surface area contributed by atoms with Gasteiger partial charge in [-0.25, -0.2) is 0 Å². The van der Waals surface area contributed by atoms with Crippen LogP contribution in [0.1, 0.15) is 16.7 Å². The standard InChI is InChI=1S/C14H13ClN2/c15-7-13-8-16-6-5-14(13)17-9-11-3-1-2-4-12(11)10-17/h1-6,8H,7,9-10H2. The van der Waals surface area contributed by atoms with Gasteiger partial charge >= 0.3 is 0 Å². The van der Waals surface area contributed by atoms with Crippen molar-refractivity contribution in [2.45, 2.75) is 19.0 Å². The largest absolute Gasteiger partial charge is 0.363 e. The summed E-state index contributed by atoms with van der Waals surface area (Å²) in [5.74, 6) is 0.510. The normalized spacial score (nSPS) is 13.8. The van der Waals surface area contributed by atoms with Gasteiger partial charge in [0.1, 0.15) is 0 Å². The lowest BCUT2D eigenvalue weighted by atomic mass is 10.1. The van der Waals surface area contributed by atoms with Crippen LogP contribution in [0.25, 0.3) is 0 Å². The van der Waals surface area contributed by atoms with Crippen LogP contribution in [-0.4, -0.2) is 4.98 Å². The van der Waals surface area contributed by atoms with Gasteiger partial charge < -0.3 is 4.90 Å². The third-order valence-corrected chi connectivity index (χ3v) is 3.49. The highest BCUT2D eigenvalue weighted by molar-refractivity contribution is 6.17. The fourth-order valence-corrected chi connectivity index (χ4v) is 2.54. The van der Waals surface area contributed by atoms with E-state index in [0.717, 1.165) is 18.7 Å². The second-order valence-electron chi connectivity index (χ2n) is 4.26. The summed E-state index contributed by atoms with van der Waals surface area (Å²) in [7, 11) is 0. The summed E-state index contributed by atoms with van der Waals surface area (Å²) in [4.78, 5) is 6.48. The maximum Gasteiger partial charge on any atom is 0.0509 e. The summed E-state index contributed by atoms with van der Waals surface area (Å²) in [5.41, 5.74) is 5.11. The minimum Gasteiger partial charge on any atom is -0.363 e. The first-order valence-electron chi connectivity index (χ1n) is 5.69. The van der Waals surface area contributed by atoms with Gasteiger partial charge in [-0.15, -0.1) is 11.6 Å². The van der Waals surface area contributed by atoms with Crippen molar-refractivity contribution in [2.24, 2.45) is 0 Å². The zero-order chi connectivity index (χ0) is 11.7. The molecule has 2 heterocycles. The fraction of sp³-hybridized carbons (Fsp3) is 0.214. The van der Waals surface area contributed by atoms with Crippen LogP contribution in [0.15, 0.2) is 42.7 Å². The lowest BCUT2D eigenvalue weighted by Gasteiger charge is -2.20. The topological polar surface area (TPSA) is 16.1 Å². The second kappa shape index (κ2) is 4.38. The number of anilines is 1. The number of hydrogen-bond acceptors (Lipinski definition) is 2. The monoisotopic (exact) mass is 244 g/mol. The number of alkyl halides is 1. The number of fused-ring (bicyclic) bond motifs is 1. The van der Waals surface area contributed by atoms with E-state index in [1.807, 2.05) is 18.5 Å². The van der Waals surface area contributed by atoms with Gasteiger partial charge in [0.05, 0.1) is 5.88 Å². The van der Waals surface area contributed by atoms with Crippen LogP contribution >= 0.6 is 11.6 Å². The Morgan fingerprint density at radius 3 is 2.47 bits per heavy atom. The van der Waals surface area contributed by atoms with E-state index in [1.165, 1.54) is 16.8 Å². The summed E-state index contributed by atoms with van der Waals surface area (Å²) < 4.78 is 0. The van der Waals surface area contributed by atoms with Crippen molar-refractivity contribution in [2.75, 3.05) is 4.90 Å². The number of benzene rings is 1. The number of pyridine rings is 1. The molecule has 0 amide bonds. The van der Waals surface area contributed by atoms with Crippen molar-refractivity contribution in [1.82, 2.24) is 4.98 Å². The van der Waals surface area contributed by atoms with Gasteiger partial charge in [0, 0.05) is 36.7 Å². The minimum atomic E-state index is 0.510. The molecule has 1 aliphatic rings. The van der Waals surface area contributed by atoms with Crippen molar-refractivity contribution >= 4 is 17.3 Å². The van der Waals surface area contributed by atoms with Gasteiger partial charge in [0.25, 0.3) is 0 Å². The molecule has 1 aromatic heterocycles. The number of aromatic nitrogens is 1. The molecule has 0 spiro atoms. The molecular formula is C14H13ClN2. The number of hydrogen-bond donors (Lipinski definition) is 0. The van der Waals surface area contributed by atoms with Crippen LogP contribution < -0.4 is 4.90 Å². The molecule has 17 heavy (non-hydrogen) atoms. The van der Waals surface area contributed by atoms with E-state index < -0.39 is 0 Å². The van der Waals surface area contributed by atoms with Gasteiger partial charge in [-0.1, -0.05) is 24.3 Å². The summed E-state index contributed by atoms with van der Waals surface area (Å²) >= 11 is 5.96. The third kappa shape index (κ3) is 1.89. The van der Waals surface area contributed by atoms with E-state index in [-0.39, 0.29) is 0 Å². The van der Waals surface area contributed by atoms with Crippen LogP contribution in [0.2, 0.25) is 0 Å². The molecule has 2 nitrogen and oxygen atoms in total. The molecule has 0 bridgehead atoms. The fourth-order valence-electron chi connectivity index (χ4n) is 2.33. The average Bonchev–Trinajstić information content (AvgIpc) is 2.82. The lowest BCUT2D eigenvalue weighted by molar-refractivity contribution is 0.871. The molecule has 0 saturated carbocycles. The van der Waals surface area contributed by atoms with E-state index in [2.05, 4.69) is 34.1 Å². The molecule has 1 aromatic carbocycles. The van der Waals surface area contributed by atoms with E-state index in [4.69, 9.17) is 11.6 Å². The first-order valence-corrected chi connectivity index (χ1v) is 6.22. The van der Waals surface area contributed by atoms with Gasteiger partial charge in [-0.05, 0) is 17.2 Å². The van der Waals surface area contributed by atoms with Gasteiger partial charge in [0.2, 0.25) is 0 Å². The predicted molar refractivity (Wildman–Crippen MR) is 70.1 cm³/mol. The first kappa shape index (κ1) is 10.6. The highest BCUT2D eigenvalue weighted by Crippen LogP contribution is 2.30.